The van der Waals surface area contributed by atoms with Gasteiger partial charge >= 0.3 is 0 Å². The van der Waals surface area contributed by atoms with E-state index >= 15 is 0 Å². The summed E-state index contributed by atoms with van der Waals surface area (Å²) >= 11 is 6.38. The van der Waals surface area contributed by atoms with Crippen LogP contribution in [0.4, 0.5) is 11.4 Å². The van der Waals surface area contributed by atoms with Crippen molar-refractivity contribution in [2.24, 2.45) is 5.92 Å². The van der Waals surface area contributed by atoms with E-state index in [0.29, 0.717) is 11.8 Å². The fraction of sp³-hybridized carbons (Fsp3) is 0.474. The highest BCUT2D eigenvalue weighted by atomic mass is 35.5. The summed E-state index contributed by atoms with van der Waals surface area (Å²) < 4.78 is 0. The van der Waals surface area contributed by atoms with E-state index in [-0.39, 0.29) is 24.8 Å². The Bertz CT molecular complexity index is 1670. The number of halogens is 3. The van der Waals surface area contributed by atoms with Gasteiger partial charge in [0.1, 0.15) is 0 Å². The van der Waals surface area contributed by atoms with Crippen LogP contribution in [0.3, 0.4) is 0 Å². The molecule has 4 nitrogen and oxygen atoms in total. The van der Waals surface area contributed by atoms with Crippen molar-refractivity contribution in [3.8, 4) is 0 Å². The molecule has 2 N–H and O–H groups in total. The van der Waals surface area contributed by atoms with Gasteiger partial charge in [-0.25, -0.2) is 0 Å². The number of aryl methyl sites for hydroxylation is 1. The topological polar surface area (TPSA) is 49.8 Å². The molecular weight excluding hydrogens is 619 g/mol. The molecule has 0 saturated heterocycles. The molecule has 7 heteroatoms. The SMILES string of the molecule is CC1=C[C@H]2Cc3nc4cc(Cl)ccc4c(NCCCCCCCCNc4c5c(nc6ccccc46)CCCC5)c3[C@@H](C1)C2.Cl.Cl. The van der Waals surface area contributed by atoms with E-state index in [1.165, 1.54) is 108 Å². The second kappa shape index (κ2) is 15.4. The second-order valence-electron chi connectivity index (χ2n) is 13.2. The molecule has 45 heavy (non-hydrogen) atoms. The van der Waals surface area contributed by atoms with Gasteiger partial charge in [-0.05, 0) is 106 Å². The van der Waals surface area contributed by atoms with Gasteiger partial charge in [-0.15, -0.1) is 24.8 Å². The maximum absolute atomic E-state index is 6.38. The Morgan fingerprint density at radius 2 is 1.44 bits per heavy atom. The minimum absolute atomic E-state index is 0. The lowest BCUT2D eigenvalue weighted by atomic mass is 9.71. The number of fused-ring (bicyclic) bond motifs is 7. The summed E-state index contributed by atoms with van der Waals surface area (Å²) in [5.41, 5.74) is 11.9. The molecule has 2 aromatic carbocycles. The molecule has 0 radical (unpaired) electrons. The maximum Gasteiger partial charge on any atom is 0.0741 e. The van der Waals surface area contributed by atoms with E-state index in [4.69, 9.17) is 21.6 Å². The Morgan fingerprint density at radius 1 is 0.756 bits per heavy atom. The maximum atomic E-state index is 6.38. The first-order valence-electron chi connectivity index (χ1n) is 16.8. The standard InChI is InChI=1S/C38H45ClN4.2ClH/c1-25-20-26-22-27(21-25)36-35(23-26)43-34-24-28(39)16-17-31(34)38(36)41-19-11-5-3-2-4-10-18-40-37-29-12-6-8-14-32(29)42-33-15-9-7-13-30(33)37;;/h6,8,12,14,16-17,20,24,26-27H,2-5,7,9-11,13,15,18-19,21-23H2,1H3,(H,40,42)(H,41,43);2*1H/t26-,27+;;/m1../s1. The van der Waals surface area contributed by atoms with Crippen LogP contribution in [0.1, 0.15) is 99.6 Å². The van der Waals surface area contributed by atoms with Gasteiger partial charge < -0.3 is 10.6 Å². The number of unbranched alkanes of at least 4 members (excludes halogenated alkanes) is 5. The zero-order valence-corrected chi connectivity index (χ0v) is 28.9. The smallest absolute Gasteiger partial charge is 0.0741 e. The fourth-order valence-electron chi connectivity index (χ4n) is 8.03. The Morgan fingerprint density at radius 3 is 2.27 bits per heavy atom. The number of anilines is 2. The van der Waals surface area contributed by atoms with Crippen LogP contribution < -0.4 is 10.6 Å². The third-order valence-corrected chi connectivity index (χ3v) is 10.2. The van der Waals surface area contributed by atoms with Crippen LogP contribution in [0, 0.1) is 5.92 Å². The van der Waals surface area contributed by atoms with Crippen molar-refractivity contribution in [3.63, 3.8) is 0 Å². The van der Waals surface area contributed by atoms with Crippen LogP contribution in [0.5, 0.6) is 0 Å². The second-order valence-corrected chi connectivity index (χ2v) is 13.7. The quantitative estimate of drug-likeness (QED) is 0.124. The Kier molecular flexibility index (Phi) is 11.6. The van der Waals surface area contributed by atoms with Crippen LogP contribution in [-0.2, 0) is 19.3 Å². The molecular formula is C38H47Cl3N4. The number of aromatic nitrogens is 2. The predicted molar refractivity (Wildman–Crippen MR) is 197 cm³/mol. The summed E-state index contributed by atoms with van der Waals surface area (Å²) in [6.07, 6.45) is 18.4. The van der Waals surface area contributed by atoms with Crippen molar-refractivity contribution in [1.82, 2.24) is 9.97 Å². The summed E-state index contributed by atoms with van der Waals surface area (Å²) in [7, 11) is 0. The van der Waals surface area contributed by atoms with Gasteiger partial charge in [0.05, 0.1) is 11.0 Å². The number of benzene rings is 2. The Hall–Kier alpha value is -2.53. The van der Waals surface area contributed by atoms with Gasteiger partial charge in [-0.2, -0.15) is 0 Å². The van der Waals surface area contributed by atoms with Crippen molar-refractivity contribution in [2.45, 2.75) is 96.3 Å². The fourth-order valence-corrected chi connectivity index (χ4v) is 8.20. The number of rotatable bonds is 11. The lowest BCUT2D eigenvalue weighted by Gasteiger charge is -2.36. The van der Waals surface area contributed by atoms with E-state index < -0.39 is 0 Å². The zero-order chi connectivity index (χ0) is 29.2. The van der Waals surface area contributed by atoms with Gasteiger partial charge in [-0.1, -0.05) is 67.1 Å². The molecule has 0 unspecified atom stereocenters. The van der Waals surface area contributed by atoms with E-state index in [0.717, 1.165) is 54.8 Å². The van der Waals surface area contributed by atoms with E-state index in [1.54, 1.807) is 0 Å². The first-order valence-corrected chi connectivity index (χ1v) is 17.2. The molecule has 2 bridgehead atoms. The van der Waals surface area contributed by atoms with Crippen molar-refractivity contribution in [2.75, 3.05) is 23.7 Å². The largest absolute Gasteiger partial charge is 0.384 e. The highest BCUT2D eigenvalue weighted by molar-refractivity contribution is 6.31. The van der Waals surface area contributed by atoms with Crippen molar-refractivity contribution < 1.29 is 0 Å². The predicted octanol–water partition coefficient (Wildman–Crippen LogP) is 11.0. The molecule has 2 atom stereocenters. The molecule has 0 fully saturated rings. The van der Waals surface area contributed by atoms with Crippen LogP contribution in [0.25, 0.3) is 21.8 Å². The average Bonchev–Trinajstić information content (AvgIpc) is 3.00. The first-order chi connectivity index (χ1) is 21.1. The molecule has 0 amide bonds. The summed E-state index contributed by atoms with van der Waals surface area (Å²) in [6, 6.07) is 14.9. The number of pyridine rings is 2. The van der Waals surface area contributed by atoms with Gasteiger partial charge in [0.15, 0.2) is 0 Å². The molecule has 3 aliphatic rings. The van der Waals surface area contributed by atoms with Crippen molar-refractivity contribution in [3.05, 3.63) is 81.7 Å². The van der Waals surface area contributed by atoms with Crippen molar-refractivity contribution >= 4 is 69.6 Å². The molecule has 0 spiro atoms. The van der Waals surface area contributed by atoms with E-state index in [9.17, 15) is 0 Å². The number of hydrogen-bond donors (Lipinski definition) is 2. The zero-order valence-electron chi connectivity index (χ0n) is 26.5. The van der Waals surface area contributed by atoms with Crippen LogP contribution in [-0.4, -0.2) is 23.1 Å². The number of allylic oxidation sites excluding steroid dienone is 2. The third-order valence-electron chi connectivity index (χ3n) is 9.98. The average molecular weight is 666 g/mol. The summed E-state index contributed by atoms with van der Waals surface area (Å²) in [5, 5.41) is 11.0. The first kappa shape index (κ1) is 33.8. The minimum Gasteiger partial charge on any atom is -0.384 e. The summed E-state index contributed by atoms with van der Waals surface area (Å²) in [4.78, 5) is 10.1. The van der Waals surface area contributed by atoms with E-state index in [1.807, 2.05) is 12.1 Å². The van der Waals surface area contributed by atoms with Gasteiger partial charge in [0.2, 0.25) is 0 Å². The molecule has 3 aliphatic carbocycles. The van der Waals surface area contributed by atoms with Crippen molar-refractivity contribution in [1.29, 1.82) is 0 Å². The number of hydrogen-bond acceptors (Lipinski definition) is 4. The number of nitrogens with zero attached hydrogens (tertiary/aromatic N) is 2. The molecule has 0 aliphatic heterocycles. The van der Waals surface area contributed by atoms with Crippen LogP contribution >= 0.6 is 36.4 Å². The highest BCUT2D eigenvalue weighted by Gasteiger charge is 2.33. The van der Waals surface area contributed by atoms with E-state index in [2.05, 4.69) is 54.0 Å². The Labute approximate surface area is 286 Å². The van der Waals surface area contributed by atoms with Crippen LogP contribution in [0.15, 0.2) is 54.1 Å². The molecule has 2 aromatic heterocycles. The third kappa shape index (κ3) is 7.39. The minimum atomic E-state index is 0. The monoisotopic (exact) mass is 664 g/mol. The number of para-hydroxylation sites is 1. The molecule has 2 heterocycles. The lowest BCUT2D eigenvalue weighted by Crippen LogP contribution is -2.24. The normalized spacial score (nSPS) is 18.3. The molecule has 7 rings (SSSR count). The number of nitrogens with one attached hydrogen (secondary N) is 2. The highest BCUT2D eigenvalue weighted by Crippen LogP contribution is 2.47. The molecule has 240 valence electrons. The lowest BCUT2D eigenvalue weighted by molar-refractivity contribution is 0.433. The molecule has 0 saturated carbocycles. The van der Waals surface area contributed by atoms with Gasteiger partial charge in [0, 0.05) is 57.2 Å². The summed E-state index contributed by atoms with van der Waals surface area (Å²) in [6.45, 7) is 4.36. The van der Waals surface area contributed by atoms with Gasteiger partial charge in [-0.3, -0.25) is 9.97 Å². The van der Waals surface area contributed by atoms with Crippen LogP contribution in [0.2, 0.25) is 5.02 Å². The molecule has 4 aromatic rings. The summed E-state index contributed by atoms with van der Waals surface area (Å²) in [5.74, 6) is 1.21. The Balaban J connectivity index is 0.00000200. The van der Waals surface area contributed by atoms with Gasteiger partial charge in [0.25, 0.3) is 0 Å².